The number of amides is 1. The summed E-state index contributed by atoms with van der Waals surface area (Å²) in [5, 5.41) is 6.25. The molecular weight excluding hydrogens is 286 g/mol. The van der Waals surface area contributed by atoms with Crippen LogP contribution in [0.2, 0.25) is 0 Å². The lowest BCUT2D eigenvalue weighted by Crippen LogP contribution is -2.31. The molecule has 0 aromatic heterocycles. The zero-order valence-corrected chi connectivity index (χ0v) is 13.7. The fourth-order valence-electron chi connectivity index (χ4n) is 2.76. The largest absolute Gasteiger partial charge is 0.326 e. The summed E-state index contributed by atoms with van der Waals surface area (Å²) in [5.41, 5.74) is 2.15. The molecule has 2 rings (SSSR count). The van der Waals surface area contributed by atoms with E-state index in [4.69, 9.17) is 0 Å². The standard InChI is InChI=1S/C16H25N3O.ClH/c1-13(20)18-15-7-5-14(6-8-15)12-19(2)16-4-3-10-17-11-9-16;/h5-8,16-17H,3-4,9-12H2,1-2H3,(H,18,20);1H. The summed E-state index contributed by atoms with van der Waals surface area (Å²) < 4.78 is 0. The van der Waals surface area contributed by atoms with E-state index in [1.165, 1.54) is 31.7 Å². The molecular formula is C16H26ClN3O. The summed E-state index contributed by atoms with van der Waals surface area (Å²) in [4.78, 5) is 13.4. The van der Waals surface area contributed by atoms with E-state index in [1.807, 2.05) is 12.1 Å². The Balaban J connectivity index is 0.00000220. The lowest BCUT2D eigenvalue weighted by Gasteiger charge is -2.26. The van der Waals surface area contributed by atoms with Crippen molar-refractivity contribution in [3.63, 3.8) is 0 Å². The molecule has 1 aromatic rings. The smallest absolute Gasteiger partial charge is 0.221 e. The monoisotopic (exact) mass is 311 g/mol. The van der Waals surface area contributed by atoms with E-state index < -0.39 is 0 Å². The number of nitrogens with one attached hydrogen (secondary N) is 2. The van der Waals surface area contributed by atoms with E-state index in [1.54, 1.807) is 0 Å². The molecule has 0 saturated carbocycles. The average molecular weight is 312 g/mol. The highest BCUT2D eigenvalue weighted by atomic mass is 35.5. The number of anilines is 1. The van der Waals surface area contributed by atoms with Crippen molar-refractivity contribution < 1.29 is 4.79 Å². The number of halogens is 1. The first-order chi connectivity index (χ1) is 9.65. The van der Waals surface area contributed by atoms with Crippen LogP contribution in [0.25, 0.3) is 0 Å². The highest BCUT2D eigenvalue weighted by Crippen LogP contribution is 2.16. The van der Waals surface area contributed by atoms with Gasteiger partial charge in [0.05, 0.1) is 0 Å². The van der Waals surface area contributed by atoms with Gasteiger partial charge in [-0.15, -0.1) is 12.4 Å². The second-order valence-electron chi connectivity index (χ2n) is 5.63. The van der Waals surface area contributed by atoms with Crippen LogP contribution in [0, 0.1) is 0 Å². The summed E-state index contributed by atoms with van der Waals surface area (Å²) in [6.07, 6.45) is 3.75. The Kier molecular flexibility index (Phi) is 7.72. The Labute approximate surface area is 133 Å². The molecule has 1 unspecified atom stereocenters. The average Bonchev–Trinajstić information content (AvgIpc) is 2.69. The van der Waals surface area contributed by atoms with Crippen LogP contribution >= 0.6 is 12.4 Å². The Hall–Kier alpha value is -1.10. The molecule has 21 heavy (non-hydrogen) atoms. The molecule has 2 N–H and O–H groups in total. The lowest BCUT2D eigenvalue weighted by molar-refractivity contribution is -0.114. The van der Waals surface area contributed by atoms with Crippen molar-refractivity contribution in [3.05, 3.63) is 29.8 Å². The first-order valence-corrected chi connectivity index (χ1v) is 7.42. The van der Waals surface area contributed by atoms with Gasteiger partial charge in [0.1, 0.15) is 0 Å². The van der Waals surface area contributed by atoms with Gasteiger partial charge in [-0.2, -0.15) is 0 Å². The molecule has 1 aliphatic heterocycles. The maximum atomic E-state index is 11.0. The molecule has 1 heterocycles. The van der Waals surface area contributed by atoms with Crippen molar-refractivity contribution in [3.8, 4) is 0 Å². The van der Waals surface area contributed by atoms with Gasteiger partial charge in [0.15, 0.2) is 0 Å². The van der Waals surface area contributed by atoms with Crippen molar-refractivity contribution in [1.82, 2.24) is 10.2 Å². The highest BCUT2D eigenvalue weighted by molar-refractivity contribution is 5.88. The van der Waals surface area contributed by atoms with Crippen molar-refractivity contribution in [2.24, 2.45) is 0 Å². The zero-order chi connectivity index (χ0) is 14.4. The normalized spacial score (nSPS) is 18.7. The maximum Gasteiger partial charge on any atom is 0.221 e. The second kappa shape index (κ2) is 9.03. The van der Waals surface area contributed by atoms with Crippen LogP contribution in [0.5, 0.6) is 0 Å². The third-order valence-electron chi connectivity index (χ3n) is 3.87. The number of hydrogen-bond acceptors (Lipinski definition) is 3. The predicted octanol–water partition coefficient (Wildman–Crippen LogP) is 2.64. The summed E-state index contributed by atoms with van der Waals surface area (Å²) in [6.45, 7) is 4.76. The molecule has 0 radical (unpaired) electrons. The maximum absolute atomic E-state index is 11.0. The van der Waals surface area contributed by atoms with Gasteiger partial charge in [0.2, 0.25) is 5.91 Å². The van der Waals surface area contributed by atoms with Crippen LogP contribution in [0.1, 0.15) is 31.7 Å². The summed E-state index contributed by atoms with van der Waals surface area (Å²) in [7, 11) is 2.21. The van der Waals surface area contributed by atoms with Crippen LogP contribution in [-0.2, 0) is 11.3 Å². The molecule has 0 bridgehead atoms. The molecule has 1 aromatic carbocycles. The van der Waals surface area contributed by atoms with Crippen LogP contribution in [0.4, 0.5) is 5.69 Å². The number of carbonyl (C=O) groups is 1. The van der Waals surface area contributed by atoms with Crippen LogP contribution in [-0.4, -0.2) is 37.0 Å². The minimum atomic E-state index is -0.0270. The van der Waals surface area contributed by atoms with Crippen molar-refractivity contribution in [2.45, 2.75) is 38.8 Å². The van der Waals surface area contributed by atoms with Gasteiger partial charge in [-0.3, -0.25) is 9.69 Å². The summed E-state index contributed by atoms with van der Waals surface area (Å²) in [5.74, 6) is -0.0270. The van der Waals surface area contributed by atoms with Crippen LogP contribution in [0.15, 0.2) is 24.3 Å². The van der Waals surface area contributed by atoms with E-state index in [2.05, 4.69) is 34.7 Å². The van der Waals surface area contributed by atoms with E-state index >= 15 is 0 Å². The van der Waals surface area contributed by atoms with Gasteiger partial charge in [-0.1, -0.05) is 12.1 Å². The van der Waals surface area contributed by atoms with Gasteiger partial charge in [-0.05, 0) is 57.1 Å². The Morgan fingerprint density at radius 2 is 2.00 bits per heavy atom. The topological polar surface area (TPSA) is 44.4 Å². The molecule has 0 aliphatic carbocycles. The van der Waals surface area contributed by atoms with Gasteiger partial charge < -0.3 is 10.6 Å². The third-order valence-corrected chi connectivity index (χ3v) is 3.87. The number of rotatable bonds is 4. The van der Waals surface area contributed by atoms with E-state index in [0.29, 0.717) is 6.04 Å². The van der Waals surface area contributed by atoms with Crippen molar-refractivity contribution in [2.75, 3.05) is 25.5 Å². The summed E-state index contributed by atoms with van der Waals surface area (Å²) >= 11 is 0. The number of benzene rings is 1. The molecule has 1 amide bonds. The molecule has 1 saturated heterocycles. The zero-order valence-electron chi connectivity index (χ0n) is 12.9. The molecule has 4 nitrogen and oxygen atoms in total. The molecule has 5 heteroatoms. The first-order valence-electron chi connectivity index (χ1n) is 7.42. The minimum Gasteiger partial charge on any atom is -0.326 e. The number of carbonyl (C=O) groups excluding carboxylic acids is 1. The Morgan fingerprint density at radius 1 is 1.29 bits per heavy atom. The lowest BCUT2D eigenvalue weighted by atomic mass is 10.1. The van der Waals surface area contributed by atoms with Gasteiger partial charge >= 0.3 is 0 Å². The quantitative estimate of drug-likeness (QED) is 0.898. The highest BCUT2D eigenvalue weighted by Gasteiger charge is 2.16. The van der Waals surface area contributed by atoms with Crippen LogP contribution < -0.4 is 10.6 Å². The molecule has 1 fully saturated rings. The first kappa shape index (κ1) is 18.0. The fraction of sp³-hybridized carbons (Fsp3) is 0.562. The second-order valence-corrected chi connectivity index (χ2v) is 5.63. The van der Waals surface area contributed by atoms with Gasteiger partial charge in [-0.25, -0.2) is 0 Å². The van der Waals surface area contributed by atoms with E-state index in [-0.39, 0.29) is 18.3 Å². The Morgan fingerprint density at radius 3 is 2.67 bits per heavy atom. The minimum absolute atomic E-state index is 0. The molecule has 0 spiro atoms. The predicted molar refractivity (Wildman–Crippen MR) is 90.0 cm³/mol. The van der Waals surface area contributed by atoms with Crippen molar-refractivity contribution in [1.29, 1.82) is 0 Å². The summed E-state index contributed by atoms with van der Waals surface area (Å²) in [6, 6.07) is 8.80. The number of hydrogen-bond donors (Lipinski definition) is 2. The Bertz CT molecular complexity index is 428. The van der Waals surface area contributed by atoms with E-state index in [9.17, 15) is 4.79 Å². The van der Waals surface area contributed by atoms with Gasteiger partial charge in [0.25, 0.3) is 0 Å². The van der Waals surface area contributed by atoms with Crippen LogP contribution in [0.3, 0.4) is 0 Å². The third kappa shape index (κ3) is 6.04. The van der Waals surface area contributed by atoms with E-state index in [0.717, 1.165) is 25.3 Å². The fourth-order valence-corrected chi connectivity index (χ4v) is 2.76. The molecule has 118 valence electrons. The van der Waals surface area contributed by atoms with Gasteiger partial charge in [0, 0.05) is 25.2 Å². The molecule has 1 atom stereocenters. The molecule has 1 aliphatic rings. The SMILES string of the molecule is CC(=O)Nc1ccc(CN(C)C2CCCNCC2)cc1.Cl. The number of nitrogens with zero attached hydrogens (tertiary/aromatic N) is 1. The van der Waals surface area contributed by atoms with Crippen molar-refractivity contribution >= 4 is 24.0 Å².